The Bertz CT molecular complexity index is 1850. The fraction of sp³-hybridized carbons (Fsp3) is 0. The minimum Gasteiger partial charge on any atom is -0.423 e. The summed E-state index contributed by atoms with van der Waals surface area (Å²) in [6, 6.07) is 33.3. The summed E-state index contributed by atoms with van der Waals surface area (Å²) in [4.78, 5) is 1.20. The van der Waals surface area contributed by atoms with Gasteiger partial charge in [0.2, 0.25) is 0 Å². The van der Waals surface area contributed by atoms with Crippen LogP contribution in [0.1, 0.15) is 0 Å². The van der Waals surface area contributed by atoms with Crippen molar-refractivity contribution in [2.24, 2.45) is 0 Å². The fourth-order valence-corrected chi connectivity index (χ4v) is 6.43. The van der Waals surface area contributed by atoms with Crippen LogP contribution in [0.4, 0.5) is 0 Å². The van der Waals surface area contributed by atoms with Gasteiger partial charge in [0.25, 0.3) is 0 Å². The van der Waals surface area contributed by atoms with Gasteiger partial charge in [-0.2, -0.15) is 0 Å². The van der Waals surface area contributed by atoms with Crippen LogP contribution in [0.3, 0.4) is 0 Å². The predicted octanol–water partition coefficient (Wildman–Crippen LogP) is 5.96. The lowest BCUT2D eigenvalue weighted by Crippen LogP contribution is -2.29. The molecule has 0 spiro atoms. The first-order valence-electron chi connectivity index (χ1n) is 10.9. The molecule has 0 aliphatic heterocycles. The molecule has 0 aliphatic rings. The highest BCUT2D eigenvalue weighted by atomic mass is 32.1. The molecule has 7 aromatic rings. The highest BCUT2D eigenvalue weighted by Crippen LogP contribution is 2.46. The molecular weight excluding hydrogens is 425 g/mol. The van der Waals surface area contributed by atoms with Gasteiger partial charge in [-0.15, -0.1) is 11.3 Å². The lowest BCUT2D eigenvalue weighted by molar-refractivity contribution is 0.426. The Morgan fingerprint density at radius 3 is 2.21 bits per heavy atom. The lowest BCUT2D eigenvalue weighted by atomic mass is 9.79. The molecule has 156 valence electrons. The summed E-state index contributed by atoms with van der Waals surface area (Å²) in [5.74, 6) is 0. The van der Waals surface area contributed by atoms with Gasteiger partial charge in [-0.05, 0) is 28.5 Å². The second-order valence-corrected chi connectivity index (χ2v) is 9.43. The van der Waals surface area contributed by atoms with Crippen LogP contribution in [-0.2, 0) is 0 Å². The van der Waals surface area contributed by atoms with Gasteiger partial charge in [0.15, 0.2) is 0 Å². The van der Waals surface area contributed by atoms with E-state index < -0.39 is 7.12 Å². The summed E-state index contributed by atoms with van der Waals surface area (Å²) in [7, 11) is -1.52. The number of nitrogens with zero attached hydrogens (tertiary/aromatic N) is 1. The SMILES string of the molecule is OB(O)c1ccc2c(c1)c1c(-c3ccccc3)c3ccccc3n1c1sc3ccccc3c21. The van der Waals surface area contributed by atoms with E-state index in [0.717, 1.165) is 27.4 Å². The second-order valence-electron chi connectivity index (χ2n) is 8.40. The highest BCUT2D eigenvalue weighted by molar-refractivity contribution is 7.25. The summed E-state index contributed by atoms with van der Waals surface area (Å²) in [5.41, 5.74) is 5.05. The van der Waals surface area contributed by atoms with Crippen molar-refractivity contribution in [3.63, 3.8) is 0 Å². The van der Waals surface area contributed by atoms with E-state index in [1.54, 1.807) is 11.3 Å². The number of thiophene rings is 1. The average molecular weight is 443 g/mol. The zero-order valence-corrected chi connectivity index (χ0v) is 18.4. The number of benzene rings is 4. The van der Waals surface area contributed by atoms with Crippen LogP contribution >= 0.6 is 11.3 Å². The Hall–Kier alpha value is -3.64. The monoisotopic (exact) mass is 443 g/mol. The van der Waals surface area contributed by atoms with Crippen LogP contribution in [0, 0.1) is 0 Å². The van der Waals surface area contributed by atoms with Gasteiger partial charge in [0, 0.05) is 31.8 Å². The van der Waals surface area contributed by atoms with Crippen molar-refractivity contribution < 1.29 is 10.0 Å². The maximum Gasteiger partial charge on any atom is 0.488 e. The zero-order valence-electron chi connectivity index (χ0n) is 17.6. The standard InChI is InChI=1S/C28H18BNO2S/c31-29(32)18-14-15-19-22(16-18)27-25(17-8-2-1-3-9-17)20-10-4-6-12-23(20)30(27)28-26(19)21-11-5-7-13-24(21)33-28/h1-16,31-32H. The van der Waals surface area contributed by atoms with Gasteiger partial charge in [0.1, 0.15) is 4.83 Å². The Balaban J connectivity index is 1.85. The van der Waals surface area contributed by atoms with Gasteiger partial charge < -0.3 is 10.0 Å². The number of para-hydroxylation sites is 1. The molecule has 0 saturated carbocycles. The normalized spacial score (nSPS) is 11.9. The highest BCUT2D eigenvalue weighted by Gasteiger charge is 2.22. The van der Waals surface area contributed by atoms with E-state index in [1.165, 1.54) is 31.3 Å². The van der Waals surface area contributed by atoms with Crippen molar-refractivity contribution >= 4 is 71.4 Å². The van der Waals surface area contributed by atoms with Gasteiger partial charge in [-0.1, -0.05) is 84.9 Å². The molecule has 3 aromatic heterocycles. The molecule has 0 radical (unpaired) electrons. The number of pyridine rings is 1. The minimum atomic E-state index is -1.52. The quantitative estimate of drug-likeness (QED) is 0.324. The molecule has 3 nitrogen and oxygen atoms in total. The molecule has 0 bridgehead atoms. The minimum absolute atomic E-state index is 0.493. The van der Waals surface area contributed by atoms with Crippen LogP contribution < -0.4 is 5.46 Å². The largest absolute Gasteiger partial charge is 0.488 e. The summed E-state index contributed by atoms with van der Waals surface area (Å²) in [6.45, 7) is 0. The first-order valence-corrected chi connectivity index (χ1v) is 11.8. The van der Waals surface area contributed by atoms with Gasteiger partial charge >= 0.3 is 7.12 Å². The summed E-state index contributed by atoms with van der Waals surface area (Å²) < 4.78 is 3.61. The number of rotatable bonds is 2. The molecule has 3 heterocycles. The Kier molecular flexibility index (Phi) is 3.97. The van der Waals surface area contributed by atoms with Crippen molar-refractivity contribution in [3.8, 4) is 11.1 Å². The molecule has 0 saturated heterocycles. The third-order valence-electron chi connectivity index (χ3n) is 6.58. The molecule has 0 amide bonds. The first-order chi connectivity index (χ1) is 16.2. The number of hydrogen-bond acceptors (Lipinski definition) is 3. The van der Waals surface area contributed by atoms with Crippen molar-refractivity contribution in [2.75, 3.05) is 0 Å². The smallest absolute Gasteiger partial charge is 0.423 e. The summed E-state index contributed by atoms with van der Waals surface area (Å²) in [6.07, 6.45) is 0. The molecule has 0 fully saturated rings. The molecule has 5 heteroatoms. The molecule has 33 heavy (non-hydrogen) atoms. The van der Waals surface area contributed by atoms with Crippen LogP contribution in [-0.4, -0.2) is 21.6 Å². The van der Waals surface area contributed by atoms with E-state index >= 15 is 0 Å². The molecule has 7 rings (SSSR count). The number of fused-ring (bicyclic) bond motifs is 10. The molecule has 0 atom stereocenters. The maximum absolute atomic E-state index is 9.98. The third kappa shape index (κ3) is 2.58. The van der Waals surface area contributed by atoms with Crippen LogP contribution in [0.15, 0.2) is 97.1 Å². The average Bonchev–Trinajstić information content (AvgIpc) is 3.41. The van der Waals surface area contributed by atoms with E-state index in [-0.39, 0.29) is 0 Å². The van der Waals surface area contributed by atoms with E-state index in [9.17, 15) is 10.0 Å². The zero-order chi connectivity index (χ0) is 22.1. The van der Waals surface area contributed by atoms with Crippen molar-refractivity contribution in [2.45, 2.75) is 0 Å². The van der Waals surface area contributed by atoms with Crippen LogP contribution in [0.2, 0.25) is 0 Å². The van der Waals surface area contributed by atoms with Crippen molar-refractivity contribution in [3.05, 3.63) is 97.1 Å². The van der Waals surface area contributed by atoms with E-state index in [4.69, 9.17) is 0 Å². The van der Waals surface area contributed by atoms with Gasteiger partial charge in [-0.3, -0.25) is 4.40 Å². The fourth-order valence-electron chi connectivity index (χ4n) is 5.19. The van der Waals surface area contributed by atoms with Gasteiger partial charge in [0.05, 0.1) is 11.0 Å². The summed E-state index contributed by atoms with van der Waals surface area (Å²) in [5, 5.41) is 25.7. The molecule has 2 N–H and O–H groups in total. The second kappa shape index (κ2) is 6.93. The molecular formula is C28H18BNO2S. The van der Waals surface area contributed by atoms with Crippen LogP contribution in [0.5, 0.6) is 0 Å². The van der Waals surface area contributed by atoms with Crippen LogP contribution in [0.25, 0.3) is 58.6 Å². The third-order valence-corrected chi connectivity index (χ3v) is 7.74. The van der Waals surface area contributed by atoms with Gasteiger partial charge in [-0.25, -0.2) is 0 Å². The Labute approximate surface area is 193 Å². The van der Waals surface area contributed by atoms with E-state index in [1.807, 2.05) is 24.3 Å². The molecule has 0 unspecified atom stereocenters. The van der Waals surface area contributed by atoms with Crippen molar-refractivity contribution in [1.82, 2.24) is 4.40 Å². The Morgan fingerprint density at radius 1 is 0.667 bits per heavy atom. The van der Waals surface area contributed by atoms with E-state index in [2.05, 4.69) is 77.2 Å². The Morgan fingerprint density at radius 2 is 1.39 bits per heavy atom. The lowest BCUT2D eigenvalue weighted by Gasteiger charge is -2.11. The molecule has 0 aliphatic carbocycles. The topological polar surface area (TPSA) is 44.9 Å². The molecule has 4 aromatic carbocycles. The predicted molar refractivity (Wildman–Crippen MR) is 141 cm³/mol. The number of hydrogen-bond donors (Lipinski definition) is 2. The van der Waals surface area contributed by atoms with Crippen molar-refractivity contribution in [1.29, 1.82) is 0 Å². The summed E-state index contributed by atoms with van der Waals surface area (Å²) >= 11 is 1.80. The maximum atomic E-state index is 9.98. The van der Waals surface area contributed by atoms with E-state index in [0.29, 0.717) is 5.46 Å². The number of aromatic nitrogens is 1. The first kappa shape index (κ1) is 18.9.